The van der Waals surface area contributed by atoms with Crippen LogP contribution in [0.15, 0.2) is 60.9 Å². The van der Waals surface area contributed by atoms with Crippen LogP contribution in [-0.4, -0.2) is 26.2 Å². The van der Waals surface area contributed by atoms with Crippen molar-refractivity contribution < 1.29 is 4.79 Å². The molecular weight excluding hydrogens is 302 g/mol. The second-order valence-corrected chi connectivity index (χ2v) is 5.25. The molecule has 0 saturated carbocycles. The number of aldehydes is 1. The Labute approximate surface area is 137 Å². The third kappa shape index (κ3) is 2.72. The van der Waals surface area contributed by atoms with E-state index in [4.69, 9.17) is 0 Å². The van der Waals surface area contributed by atoms with E-state index in [9.17, 15) is 4.79 Å². The number of pyridine rings is 1. The normalized spacial score (nSPS) is 10.7. The summed E-state index contributed by atoms with van der Waals surface area (Å²) in [5.41, 5.74) is 3.84. The number of nitrogens with one attached hydrogen (secondary N) is 2. The minimum absolute atomic E-state index is 0.489. The van der Waals surface area contributed by atoms with E-state index in [2.05, 4.69) is 25.3 Å². The van der Waals surface area contributed by atoms with Crippen molar-refractivity contribution in [2.45, 2.75) is 0 Å². The van der Waals surface area contributed by atoms with Crippen LogP contribution in [0.3, 0.4) is 0 Å². The molecule has 0 aliphatic rings. The van der Waals surface area contributed by atoms with Gasteiger partial charge in [-0.05, 0) is 42.5 Å². The topological polar surface area (TPSA) is 83.6 Å². The Balaban J connectivity index is 1.64. The average molecular weight is 315 g/mol. The predicted molar refractivity (Wildman–Crippen MR) is 92.2 cm³/mol. The molecule has 3 heterocycles. The maximum absolute atomic E-state index is 10.9. The molecule has 1 aromatic carbocycles. The van der Waals surface area contributed by atoms with Crippen LogP contribution in [-0.2, 0) is 0 Å². The van der Waals surface area contributed by atoms with Gasteiger partial charge in [-0.25, -0.2) is 9.97 Å². The zero-order valence-corrected chi connectivity index (χ0v) is 12.6. The molecule has 4 aromatic rings. The van der Waals surface area contributed by atoms with Gasteiger partial charge < -0.3 is 10.3 Å². The quantitative estimate of drug-likeness (QED) is 0.562. The number of aromatic amines is 1. The van der Waals surface area contributed by atoms with Crippen LogP contribution >= 0.6 is 0 Å². The van der Waals surface area contributed by atoms with E-state index in [1.165, 1.54) is 0 Å². The first-order valence-electron chi connectivity index (χ1n) is 7.41. The van der Waals surface area contributed by atoms with Crippen molar-refractivity contribution in [2.75, 3.05) is 5.32 Å². The Morgan fingerprint density at radius 3 is 2.75 bits per heavy atom. The molecule has 0 saturated heterocycles. The Kier molecular flexibility index (Phi) is 3.47. The van der Waals surface area contributed by atoms with Crippen LogP contribution in [0.2, 0.25) is 0 Å². The van der Waals surface area contributed by atoms with Crippen LogP contribution < -0.4 is 5.32 Å². The van der Waals surface area contributed by atoms with Gasteiger partial charge in [0, 0.05) is 29.0 Å². The van der Waals surface area contributed by atoms with Gasteiger partial charge in [0.25, 0.3) is 0 Å². The average Bonchev–Trinajstić information content (AvgIpc) is 3.05. The van der Waals surface area contributed by atoms with Crippen molar-refractivity contribution in [3.05, 3.63) is 66.6 Å². The number of nitrogens with zero attached hydrogens (tertiary/aromatic N) is 3. The van der Waals surface area contributed by atoms with Crippen LogP contribution in [0, 0.1) is 0 Å². The third-order valence-electron chi connectivity index (χ3n) is 3.61. The number of hydrogen-bond acceptors (Lipinski definition) is 5. The van der Waals surface area contributed by atoms with E-state index in [-0.39, 0.29) is 0 Å². The maximum Gasteiger partial charge on any atom is 0.227 e. The lowest BCUT2D eigenvalue weighted by atomic mass is 10.2. The van der Waals surface area contributed by atoms with Crippen LogP contribution in [0.5, 0.6) is 0 Å². The smallest absolute Gasteiger partial charge is 0.227 e. The first-order chi connectivity index (χ1) is 11.8. The summed E-state index contributed by atoms with van der Waals surface area (Å²) in [6.45, 7) is 0. The van der Waals surface area contributed by atoms with Gasteiger partial charge in [-0.3, -0.25) is 9.78 Å². The molecule has 116 valence electrons. The third-order valence-corrected chi connectivity index (χ3v) is 3.61. The molecule has 4 rings (SSSR count). The van der Waals surface area contributed by atoms with Gasteiger partial charge in [0.2, 0.25) is 5.95 Å². The fraction of sp³-hybridized carbons (Fsp3) is 0. The number of hydrogen-bond donors (Lipinski definition) is 2. The van der Waals surface area contributed by atoms with E-state index < -0.39 is 0 Å². The SMILES string of the molecule is O=Cc1cc2cc(Nc3nccc(-c4ccccn4)n3)ccc2[nH]1. The summed E-state index contributed by atoms with van der Waals surface area (Å²) >= 11 is 0. The summed E-state index contributed by atoms with van der Waals surface area (Å²) in [7, 11) is 0. The Hall–Kier alpha value is -3.54. The zero-order chi connectivity index (χ0) is 16.4. The van der Waals surface area contributed by atoms with Gasteiger partial charge in [-0.2, -0.15) is 0 Å². The number of anilines is 2. The molecule has 0 unspecified atom stereocenters. The first kappa shape index (κ1) is 14.1. The minimum Gasteiger partial charge on any atom is -0.352 e. The van der Waals surface area contributed by atoms with E-state index in [1.54, 1.807) is 18.5 Å². The van der Waals surface area contributed by atoms with Crippen LogP contribution in [0.1, 0.15) is 10.5 Å². The van der Waals surface area contributed by atoms with Crippen molar-refractivity contribution in [3.8, 4) is 11.4 Å². The lowest BCUT2D eigenvalue weighted by molar-refractivity contribution is 0.112. The zero-order valence-electron chi connectivity index (χ0n) is 12.6. The molecule has 0 radical (unpaired) electrons. The van der Waals surface area contributed by atoms with E-state index in [0.29, 0.717) is 11.6 Å². The molecule has 0 bridgehead atoms. The van der Waals surface area contributed by atoms with Crippen molar-refractivity contribution in [1.82, 2.24) is 19.9 Å². The predicted octanol–water partition coefficient (Wildman–Crippen LogP) is 3.58. The second kappa shape index (κ2) is 5.92. The summed E-state index contributed by atoms with van der Waals surface area (Å²) in [4.78, 5) is 26.9. The van der Waals surface area contributed by atoms with Crippen LogP contribution in [0.25, 0.3) is 22.3 Å². The number of aromatic nitrogens is 4. The molecule has 6 nitrogen and oxygen atoms in total. The number of benzene rings is 1. The van der Waals surface area contributed by atoms with E-state index in [0.717, 1.165) is 34.3 Å². The largest absolute Gasteiger partial charge is 0.352 e. The fourth-order valence-electron chi connectivity index (χ4n) is 2.50. The van der Waals surface area contributed by atoms with Crippen molar-refractivity contribution >= 4 is 28.8 Å². The van der Waals surface area contributed by atoms with Crippen molar-refractivity contribution in [1.29, 1.82) is 0 Å². The molecule has 0 aliphatic carbocycles. The second-order valence-electron chi connectivity index (χ2n) is 5.25. The minimum atomic E-state index is 0.489. The van der Waals surface area contributed by atoms with Gasteiger partial charge in [-0.1, -0.05) is 6.07 Å². The molecule has 0 fully saturated rings. The monoisotopic (exact) mass is 315 g/mol. The summed E-state index contributed by atoms with van der Waals surface area (Å²) in [5.74, 6) is 0.489. The molecule has 24 heavy (non-hydrogen) atoms. The van der Waals surface area contributed by atoms with Gasteiger partial charge in [0.15, 0.2) is 6.29 Å². The lowest BCUT2D eigenvalue weighted by Gasteiger charge is -2.06. The first-order valence-corrected chi connectivity index (χ1v) is 7.41. The number of fused-ring (bicyclic) bond motifs is 1. The molecule has 0 spiro atoms. The summed E-state index contributed by atoms with van der Waals surface area (Å²) in [6.07, 6.45) is 4.22. The number of H-pyrrole nitrogens is 1. The molecule has 2 N–H and O–H groups in total. The summed E-state index contributed by atoms with van der Waals surface area (Å²) in [5, 5.41) is 4.13. The Morgan fingerprint density at radius 1 is 0.958 bits per heavy atom. The van der Waals surface area contributed by atoms with Crippen molar-refractivity contribution in [3.63, 3.8) is 0 Å². The highest BCUT2D eigenvalue weighted by Crippen LogP contribution is 2.22. The maximum atomic E-state index is 10.9. The highest BCUT2D eigenvalue weighted by atomic mass is 16.1. The van der Waals surface area contributed by atoms with E-state index in [1.807, 2.05) is 42.5 Å². The molecule has 0 amide bonds. The Bertz CT molecular complexity index is 1010. The van der Waals surface area contributed by atoms with E-state index >= 15 is 0 Å². The number of carbonyl (C=O) groups excluding carboxylic acids is 1. The highest BCUT2D eigenvalue weighted by Gasteiger charge is 2.05. The summed E-state index contributed by atoms with van der Waals surface area (Å²) in [6, 6.07) is 15.1. The molecular formula is C18H13N5O. The number of rotatable bonds is 4. The molecule has 0 atom stereocenters. The van der Waals surface area contributed by atoms with Gasteiger partial charge >= 0.3 is 0 Å². The van der Waals surface area contributed by atoms with Crippen LogP contribution in [0.4, 0.5) is 11.6 Å². The van der Waals surface area contributed by atoms with Gasteiger partial charge in [-0.15, -0.1) is 0 Å². The standard InChI is InChI=1S/C18H13N5O/c24-11-14-10-12-9-13(4-5-15(12)21-14)22-18-20-8-6-17(23-18)16-3-1-2-7-19-16/h1-11,21H,(H,20,22,23). The van der Waals surface area contributed by atoms with Crippen molar-refractivity contribution in [2.24, 2.45) is 0 Å². The van der Waals surface area contributed by atoms with Gasteiger partial charge in [0.1, 0.15) is 0 Å². The highest BCUT2D eigenvalue weighted by molar-refractivity contribution is 5.90. The number of carbonyl (C=O) groups is 1. The molecule has 3 aromatic heterocycles. The fourth-order valence-corrected chi connectivity index (χ4v) is 2.50. The molecule has 6 heteroatoms. The Morgan fingerprint density at radius 2 is 1.92 bits per heavy atom. The molecule has 0 aliphatic heterocycles. The van der Waals surface area contributed by atoms with Gasteiger partial charge in [0.05, 0.1) is 17.1 Å². The summed E-state index contributed by atoms with van der Waals surface area (Å²) < 4.78 is 0. The lowest BCUT2D eigenvalue weighted by Crippen LogP contribution is -1.98.